The summed E-state index contributed by atoms with van der Waals surface area (Å²) in [6.07, 6.45) is 4.78. The van der Waals surface area contributed by atoms with Gasteiger partial charge in [-0.25, -0.2) is 0 Å². The summed E-state index contributed by atoms with van der Waals surface area (Å²) >= 11 is 1.37. The van der Waals surface area contributed by atoms with Crippen molar-refractivity contribution in [1.29, 1.82) is 0 Å². The number of carboxylic acids is 1. The molecule has 3 rings (SSSR count). The van der Waals surface area contributed by atoms with E-state index in [0.717, 1.165) is 11.3 Å². The number of hydrogen-bond donors (Lipinski definition) is 2. The number of anilines is 1. The second-order valence-corrected chi connectivity index (χ2v) is 7.26. The zero-order valence-corrected chi connectivity index (χ0v) is 13.3. The average Bonchev–Trinajstić information content (AvgIpc) is 3.33. The average molecular weight is 319 g/mol. The minimum atomic E-state index is -0.800. The van der Waals surface area contributed by atoms with Crippen molar-refractivity contribution in [2.75, 3.05) is 11.1 Å². The van der Waals surface area contributed by atoms with E-state index >= 15 is 0 Å². The van der Waals surface area contributed by atoms with E-state index in [1.54, 1.807) is 0 Å². The van der Waals surface area contributed by atoms with Gasteiger partial charge >= 0.3 is 5.97 Å². The molecule has 22 heavy (non-hydrogen) atoms. The first kappa shape index (κ1) is 15.4. The zero-order valence-electron chi connectivity index (χ0n) is 12.5. The first-order valence-corrected chi connectivity index (χ1v) is 8.98. The molecule has 0 aromatic heterocycles. The van der Waals surface area contributed by atoms with Gasteiger partial charge in [-0.3, -0.25) is 9.59 Å². The van der Waals surface area contributed by atoms with Crippen molar-refractivity contribution in [1.82, 2.24) is 0 Å². The molecule has 0 radical (unpaired) electrons. The van der Waals surface area contributed by atoms with Crippen LogP contribution >= 0.6 is 11.8 Å². The molecular weight excluding hydrogens is 298 g/mol. The fourth-order valence-corrected chi connectivity index (χ4v) is 3.64. The highest BCUT2D eigenvalue weighted by atomic mass is 32.2. The molecule has 1 aromatic rings. The Kier molecular flexibility index (Phi) is 4.71. The number of rotatable bonds is 8. The van der Waals surface area contributed by atoms with Crippen LogP contribution in [-0.2, 0) is 15.3 Å². The molecule has 2 aliphatic carbocycles. The summed E-state index contributed by atoms with van der Waals surface area (Å²) in [4.78, 5) is 23.0. The summed E-state index contributed by atoms with van der Waals surface area (Å²) in [6, 6.07) is 7.73. The predicted octanol–water partition coefficient (Wildman–Crippen LogP) is 3.38. The Labute approximate surface area is 134 Å². The molecule has 0 unspecified atom stereocenters. The third kappa shape index (κ3) is 4.26. The van der Waals surface area contributed by atoms with Crippen molar-refractivity contribution >= 4 is 29.3 Å². The number of nitrogens with one attached hydrogen (secondary N) is 1. The summed E-state index contributed by atoms with van der Waals surface area (Å²) < 4.78 is 0. The standard InChI is InChI=1S/C17H21NO3S/c19-15(20)10-22-9-11-2-1-3-14(8-11)18-17(21)16(12-4-5-12)13-6-7-13/h1-3,8,12-13,16H,4-7,9-10H2,(H,18,21)(H,19,20). The Balaban J connectivity index is 1.57. The highest BCUT2D eigenvalue weighted by Gasteiger charge is 2.45. The van der Waals surface area contributed by atoms with Crippen LogP contribution in [0.25, 0.3) is 0 Å². The molecule has 2 saturated carbocycles. The van der Waals surface area contributed by atoms with Crippen molar-refractivity contribution in [3.05, 3.63) is 29.8 Å². The van der Waals surface area contributed by atoms with E-state index in [-0.39, 0.29) is 17.6 Å². The van der Waals surface area contributed by atoms with E-state index < -0.39 is 5.97 Å². The summed E-state index contributed by atoms with van der Waals surface area (Å²) in [5, 5.41) is 11.7. The summed E-state index contributed by atoms with van der Waals surface area (Å²) in [5.74, 6) is 1.51. The maximum Gasteiger partial charge on any atom is 0.313 e. The second-order valence-electron chi connectivity index (χ2n) is 6.28. The lowest BCUT2D eigenvalue weighted by Crippen LogP contribution is -2.26. The Morgan fingerprint density at radius 2 is 1.91 bits per heavy atom. The van der Waals surface area contributed by atoms with Gasteiger partial charge in [-0.2, -0.15) is 0 Å². The van der Waals surface area contributed by atoms with Gasteiger partial charge in [-0.15, -0.1) is 11.8 Å². The normalized spacial score (nSPS) is 17.5. The first-order valence-electron chi connectivity index (χ1n) is 7.83. The van der Waals surface area contributed by atoms with Crippen LogP contribution in [0.3, 0.4) is 0 Å². The van der Waals surface area contributed by atoms with Crippen molar-refractivity contribution in [2.24, 2.45) is 17.8 Å². The Morgan fingerprint density at radius 3 is 2.50 bits per heavy atom. The monoisotopic (exact) mass is 319 g/mol. The molecule has 1 amide bonds. The highest BCUT2D eigenvalue weighted by Crippen LogP contribution is 2.49. The summed E-state index contributed by atoms with van der Waals surface area (Å²) in [6.45, 7) is 0. The minimum Gasteiger partial charge on any atom is -0.481 e. The molecule has 2 aliphatic rings. The molecule has 1 aromatic carbocycles. The molecule has 0 spiro atoms. The number of thioether (sulfide) groups is 1. The molecule has 4 nitrogen and oxygen atoms in total. The number of benzene rings is 1. The number of aliphatic carboxylic acids is 1. The Morgan fingerprint density at radius 1 is 1.23 bits per heavy atom. The van der Waals surface area contributed by atoms with E-state index in [9.17, 15) is 9.59 Å². The van der Waals surface area contributed by atoms with Crippen molar-refractivity contribution in [2.45, 2.75) is 31.4 Å². The van der Waals surface area contributed by atoms with E-state index in [4.69, 9.17) is 5.11 Å². The first-order chi connectivity index (χ1) is 10.6. The molecule has 0 aliphatic heterocycles. The fraction of sp³-hybridized carbons (Fsp3) is 0.529. The van der Waals surface area contributed by atoms with Gasteiger partial charge in [0, 0.05) is 17.4 Å². The van der Waals surface area contributed by atoms with Crippen LogP contribution in [0.2, 0.25) is 0 Å². The lowest BCUT2D eigenvalue weighted by molar-refractivity contribution is -0.134. The largest absolute Gasteiger partial charge is 0.481 e. The van der Waals surface area contributed by atoms with E-state index in [2.05, 4.69) is 5.32 Å². The summed E-state index contributed by atoms with van der Waals surface area (Å²) in [7, 11) is 0. The van der Waals surface area contributed by atoms with E-state index in [1.165, 1.54) is 37.4 Å². The van der Waals surface area contributed by atoms with E-state index in [0.29, 0.717) is 17.6 Å². The maximum absolute atomic E-state index is 12.5. The topological polar surface area (TPSA) is 66.4 Å². The summed E-state index contributed by atoms with van der Waals surface area (Å²) in [5.41, 5.74) is 1.86. The van der Waals surface area contributed by atoms with Crippen LogP contribution in [-0.4, -0.2) is 22.7 Å². The van der Waals surface area contributed by atoms with Gasteiger partial charge in [0.05, 0.1) is 5.75 Å². The lowest BCUT2D eigenvalue weighted by Gasteiger charge is -2.15. The number of hydrogen-bond acceptors (Lipinski definition) is 3. The molecule has 2 N–H and O–H groups in total. The van der Waals surface area contributed by atoms with Gasteiger partial charge in [0.15, 0.2) is 0 Å². The Bertz CT molecular complexity index is 555. The molecule has 0 saturated heterocycles. The molecule has 2 fully saturated rings. The number of amides is 1. The molecule has 5 heteroatoms. The van der Waals surface area contributed by atoms with Gasteiger partial charge in [0.25, 0.3) is 0 Å². The third-order valence-corrected chi connectivity index (χ3v) is 5.24. The van der Waals surface area contributed by atoms with Gasteiger partial charge in [-0.1, -0.05) is 12.1 Å². The SMILES string of the molecule is O=C(O)CSCc1cccc(NC(=O)C(C2CC2)C2CC2)c1. The van der Waals surface area contributed by atoms with Crippen LogP contribution in [0.15, 0.2) is 24.3 Å². The zero-order chi connectivity index (χ0) is 15.5. The molecule has 0 bridgehead atoms. The van der Waals surface area contributed by atoms with Crippen molar-refractivity contribution in [3.63, 3.8) is 0 Å². The molecule has 0 heterocycles. The van der Waals surface area contributed by atoms with Crippen LogP contribution in [0.5, 0.6) is 0 Å². The van der Waals surface area contributed by atoms with Crippen molar-refractivity contribution < 1.29 is 14.7 Å². The molecular formula is C17H21NO3S. The van der Waals surface area contributed by atoms with Gasteiger partial charge in [0.1, 0.15) is 0 Å². The van der Waals surface area contributed by atoms with Gasteiger partial charge < -0.3 is 10.4 Å². The quantitative estimate of drug-likeness (QED) is 0.771. The van der Waals surface area contributed by atoms with Crippen LogP contribution < -0.4 is 5.32 Å². The fourth-order valence-electron chi connectivity index (χ4n) is 2.94. The highest BCUT2D eigenvalue weighted by molar-refractivity contribution is 7.99. The maximum atomic E-state index is 12.5. The lowest BCUT2D eigenvalue weighted by atomic mass is 9.97. The number of carbonyl (C=O) groups is 2. The smallest absolute Gasteiger partial charge is 0.313 e. The minimum absolute atomic E-state index is 0.0992. The van der Waals surface area contributed by atoms with Crippen LogP contribution in [0.1, 0.15) is 31.2 Å². The van der Waals surface area contributed by atoms with Gasteiger partial charge in [0.2, 0.25) is 5.91 Å². The van der Waals surface area contributed by atoms with Crippen LogP contribution in [0.4, 0.5) is 5.69 Å². The molecule has 0 atom stereocenters. The van der Waals surface area contributed by atoms with E-state index in [1.807, 2.05) is 24.3 Å². The predicted molar refractivity (Wildman–Crippen MR) is 87.8 cm³/mol. The van der Waals surface area contributed by atoms with Crippen LogP contribution in [0, 0.1) is 17.8 Å². The number of carbonyl (C=O) groups excluding carboxylic acids is 1. The second kappa shape index (κ2) is 6.73. The third-order valence-electron chi connectivity index (χ3n) is 4.25. The van der Waals surface area contributed by atoms with Crippen molar-refractivity contribution in [3.8, 4) is 0 Å². The number of carboxylic acid groups (broad SMARTS) is 1. The molecule has 118 valence electrons. The Hall–Kier alpha value is -1.49. The van der Waals surface area contributed by atoms with Gasteiger partial charge in [-0.05, 0) is 55.2 Å².